The molecule has 2 aromatic carbocycles. The SMILES string of the molecule is Cc1ccc(-c2cc3ccccc3c(=O)n2CC(N)=O)cc1. The number of nitrogens with two attached hydrogens (primary N) is 1. The van der Waals surface area contributed by atoms with Gasteiger partial charge >= 0.3 is 0 Å². The summed E-state index contributed by atoms with van der Waals surface area (Å²) >= 11 is 0. The Bertz CT molecular complexity index is 909. The van der Waals surface area contributed by atoms with E-state index in [1.165, 1.54) is 4.57 Å². The van der Waals surface area contributed by atoms with Gasteiger partial charge in [-0.25, -0.2) is 0 Å². The highest BCUT2D eigenvalue weighted by molar-refractivity contribution is 5.86. The van der Waals surface area contributed by atoms with Crippen LogP contribution in [-0.2, 0) is 11.3 Å². The maximum absolute atomic E-state index is 12.7. The van der Waals surface area contributed by atoms with Crippen LogP contribution in [0.3, 0.4) is 0 Å². The van der Waals surface area contributed by atoms with Gasteiger partial charge in [0.05, 0.1) is 5.69 Å². The van der Waals surface area contributed by atoms with Gasteiger partial charge in [-0.1, -0.05) is 48.0 Å². The lowest BCUT2D eigenvalue weighted by molar-refractivity contribution is -0.118. The quantitative estimate of drug-likeness (QED) is 0.806. The van der Waals surface area contributed by atoms with E-state index in [1.807, 2.05) is 55.5 Å². The molecule has 1 amide bonds. The maximum atomic E-state index is 12.7. The highest BCUT2D eigenvalue weighted by Crippen LogP contribution is 2.22. The van der Waals surface area contributed by atoms with Crippen LogP contribution < -0.4 is 11.3 Å². The molecule has 0 radical (unpaired) electrons. The van der Waals surface area contributed by atoms with Crippen LogP contribution in [0.15, 0.2) is 59.4 Å². The monoisotopic (exact) mass is 292 g/mol. The Labute approximate surface area is 127 Å². The molecule has 0 fully saturated rings. The summed E-state index contributed by atoms with van der Waals surface area (Å²) in [7, 11) is 0. The second-order valence-electron chi connectivity index (χ2n) is 5.34. The molecular weight excluding hydrogens is 276 g/mol. The van der Waals surface area contributed by atoms with Crippen molar-refractivity contribution in [2.75, 3.05) is 0 Å². The van der Waals surface area contributed by atoms with Crippen molar-refractivity contribution in [3.8, 4) is 11.3 Å². The third-order valence-corrected chi connectivity index (χ3v) is 3.68. The van der Waals surface area contributed by atoms with Crippen LogP contribution >= 0.6 is 0 Å². The van der Waals surface area contributed by atoms with E-state index in [0.29, 0.717) is 11.1 Å². The number of hydrogen-bond acceptors (Lipinski definition) is 2. The predicted octanol–water partition coefficient (Wildman–Crippen LogP) is 2.46. The number of aryl methyl sites for hydroxylation is 1. The Hall–Kier alpha value is -2.88. The summed E-state index contributed by atoms with van der Waals surface area (Å²) in [6.45, 7) is 1.87. The zero-order valence-corrected chi connectivity index (χ0v) is 12.2. The number of aromatic nitrogens is 1. The largest absolute Gasteiger partial charge is 0.368 e. The van der Waals surface area contributed by atoms with Gasteiger partial charge in [0.15, 0.2) is 0 Å². The average Bonchev–Trinajstić information content (AvgIpc) is 2.50. The molecule has 0 saturated heterocycles. The molecule has 0 spiro atoms. The number of fused-ring (bicyclic) bond motifs is 1. The third-order valence-electron chi connectivity index (χ3n) is 3.68. The van der Waals surface area contributed by atoms with Gasteiger partial charge < -0.3 is 5.73 Å². The average molecular weight is 292 g/mol. The molecule has 22 heavy (non-hydrogen) atoms. The lowest BCUT2D eigenvalue weighted by atomic mass is 10.1. The van der Waals surface area contributed by atoms with E-state index in [2.05, 4.69) is 0 Å². The first-order valence-corrected chi connectivity index (χ1v) is 7.04. The van der Waals surface area contributed by atoms with E-state index in [9.17, 15) is 9.59 Å². The van der Waals surface area contributed by atoms with Crippen molar-refractivity contribution >= 4 is 16.7 Å². The lowest BCUT2D eigenvalue weighted by Crippen LogP contribution is -2.29. The molecule has 0 bridgehead atoms. The fourth-order valence-electron chi connectivity index (χ4n) is 2.57. The van der Waals surface area contributed by atoms with E-state index in [4.69, 9.17) is 5.73 Å². The number of pyridine rings is 1. The van der Waals surface area contributed by atoms with Gasteiger partial charge in [-0.15, -0.1) is 0 Å². The first kappa shape index (κ1) is 14.1. The molecular formula is C18H16N2O2. The number of carbonyl (C=O) groups is 1. The Morgan fingerprint density at radius 2 is 1.77 bits per heavy atom. The van der Waals surface area contributed by atoms with Gasteiger partial charge in [0.2, 0.25) is 5.91 Å². The molecule has 1 aromatic heterocycles. The smallest absolute Gasteiger partial charge is 0.259 e. The van der Waals surface area contributed by atoms with Crippen molar-refractivity contribution in [3.05, 3.63) is 70.5 Å². The molecule has 4 heteroatoms. The minimum Gasteiger partial charge on any atom is -0.368 e. The van der Waals surface area contributed by atoms with Gasteiger partial charge in [-0.2, -0.15) is 0 Å². The number of carbonyl (C=O) groups excluding carboxylic acids is 1. The van der Waals surface area contributed by atoms with Gasteiger partial charge in [0, 0.05) is 5.39 Å². The highest BCUT2D eigenvalue weighted by atomic mass is 16.2. The van der Waals surface area contributed by atoms with E-state index >= 15 is 0 Å². The molecule has 0 unspecified atom stereocenters. The summed E-state index contributed by atoms with van der Waals surface area (Å²) < 4.78 is 1.44. The molecule has 0 atom stereocenters. The fraction of sp³-hybridized carbons (Fsp3) is 0.111. The van der Waals surface area contributed by atoms with Gasteiger partial charge in [-0.05, 0) is 30.0 Å². The van der Waals surface area contributed by atoms with Crippen LogP contribution in [0.2, 0.25) is 0 Å². The molecule has 3 aromatic rings. The standard InChI is InChI=1S/C18H16N2O2/c1-12-6-8-13(9-7-12)16-10-14-4-2-3-5-15(14)18(22)20(16)11-17(19)21/h2-10H,11H2,1H3,(H2,19,21). The van der Waals surface area contributed by atoms with Crippen molar-refractivity contribution in [1.82, 2.24) is 4.57 Å². The summed E-state index contributed by atoms with van der Waals surface area (Å²) in [4.78, 5) is 24.0. The third kappa shape index (κ3) is 2.51. The Morgan fingerprint density at radius 3 is 2.45 bits per heavy atom. The molecule has 0 aliphatic heterocycles. The van der Waals surface area contributed by atoms with Crippen molar-refractivity contribution in [1.29, 1.82) is 0 Å². The molecule has 1 heterocycles. The maximum Gasteiger partial charge on any atom is 0.259 e. The Balaban J connectivity index is 2.33. The number of rotatable bonds is 3. The van der Waals surface area contributed by atoms with Crippen LogP contribution in [0.5, 0.6) is 0 Å². The number of primary amides is 1. The van der Waals surface area contributed by atoms with Crippen LogP contribution in [-0.4, -0.2) is 10.5 Å². The molecule has 0 aliphatic carbocycles. The summed E-state index contributed by atoms with van der Waals surface area (Å²) in [5.41, 5.74) is 7.82. The molecule has 0 saturated carbocycles. The Kier molecular flexibility index (Phi) is 3.51. The molecule has 2 N–H and O–H groups in total. The van der Waals surface area contributed by atoms with Crippen molar-refractivity contribution in [2.45, 2.75) is 13.5 Å². The minimum atomic E-state index is -0.536. The van der Waals surface area contributed by atoms with Crippen molar-refractivity contribution < 1.29 is 4.79 Å². The van der Waals surface area contributed by atoms with Crippen molar-refractivity contribution in [2.24, 2.45) is 5.73 Å². The predicted molar refractivity (Wildman–Crippen MR) is 87.6 cm³/mol. The van der Waals surface area contributed by atoms with Crippen LogP contribution in [0.4, 0.5) is 0 Å². The summed E-state index contributed by atoms with van der Waals surface area (Å²) in [5.74, 6) is -0.536. The van der Waals surface area contributed by atoms with Crippen LogP contribution in [0, 0.1) is 6.92 Å². The molecule has 110 valence electrons. The number of hydrogen-bond donors (Lipinski definition) is 1. The number of nitrogens with zero attached hydrogens (tertiary/aromatic N) is 1. The van der Waals surface area contributed by atoms with Gasteiger partial charge in [0.1, 0.15) is 6.54 Å². The fourth-order valence-corrected chi connectivity index (χ4v) is 2.57. The summed E-state index contributed by atoms with van der Waals surface area (Å²) in [6.07, 6.45) is 0. The number of benzene rings is 2. The summed E-state index contributed by atoms with van der Waals surface area (Å²) in [5, 5.41) is 1.43. The zero-order valence-electron chi connectivity index (χ0n) is 12.2. The van der Waals surface area contributed by atoms with Gasteiger partial charge in [-0.3, -0.25) is 14.2 Å². The second-order valence-corrected chi connectivity index (χ2v) is 5.34. The van der Waals surface area contributed by atoms with Crippen molar-refractivity contribution in [3.63, 3.8) is 0 Å². The number of amides is 1. The van der Waals surface area contributed by atoms with E-state index < -0.39 is 5.91 Å². The van der Waals surface area contributed by atoms with E-state index in [1.54, 1.807) is 6.07 Å². The van der Waals surface area contributed by atoms with E-state index in [-0.39, 0.29) is 12.1 Å². The molecule has 3 rings (SSSR count). The first-order valence-electron chi connectivity index (χ1n) is 7.04. The normalized spacial score (nSPS) is 10.8. The first-order chi connectivity index (χ1) is 10.6. The zero-order chi connectivity index (χ0) is 15.7. The topological polar surface area (TPSA) is 65.1 Å². The minimum absolute atomic E-state index is 0.132. The summed E-state index contributed by atoms with van der Waals surface area (Å²) in [6, 6.07) is 17.1. The van der Waals surface area contributed by atoms with Crippen LogP contribution in [0.25, 0.3) is 22.0 Å². The van der Waals surface area contributed by atoms with Gasteiger partial charge in [0.25, 0.3) is 5.56 Å². The second kappa shape index (κ2) is 5.48. The lowest BCUT2D eigenvalue weighted by Gasteiger charge is -2.13. The van der Waals surface area contributed by atoms with Crippen LogP contribution in [0.1, 0.15) is 5.56 Å². The molecule has 4 nitrogen and oxygen atoms in total. The highest BCUT2D eigenvalue weighted by Gasteiger charge is 2.12. The molecule has 0 aliphatic rings. The van der Waals surface area contributed by atoms with E-state index in [0.717, 1.165) is 16.5 Å². The Morgan fingerprint density at radius 1 is 1.09 bits per heavy atom.